The van der Waals surface area contributed by atoms with E-state index in [-0.39, 0.29) is 0 Å². The van der Waals surface area contributed by atoms with Crippen LogP contribution < -0.4 is 5.32 Å². The highest BCUT2D eigenvalue weighted by molar-refractivity contribution is 5.97. The Kier molecular flexibility index (Phi) is 5.16. The fourth-order valence-corrected chi connectivity index (χ4v) is 2.10. The third-order valence-electron chi connectivity index (χ3n) is 3.40. The van der Waals surface area contributed by atoms with E-state index in [1.165, 1.54) is 0 Å². The molecule has 1 heterocycles. The number of amides is 1. The maximum absolute atomic E-state index is 12.3. The Bertz CT molecular complexity index is 721. The molecule has 0 spiro atoms. The molecule has 0 unspecified atom stereocenters. The van der Waals surface area contributed by atoms with Gasteiger partial charge in [0.05, 0.1) is 5.56 Å². The van der Waals surface area contributed by atoms with Gasteiger partial charge in [-0.15, -0.1) is 0 Å². The summed E-state index contributed by atoms with van der Waals surface area (Å²) in [7, 11) is 0. The van der Waals surface area contributed by atoms with Crippen LogP contribution in [0.4, 0.5) is 5.82 Å². The van der Waals surface area contributed by atoms with E-state index < -0.39 is 18.0 Å². The third kappa shape index (κ3) is 4.18. The van der Waals surface area contributed by atoms with Gasteiger partial charge in [0.2, 0.25) is 0 Å². The minimum atomic E-state index is -0.889. The smallest absolute Gasteiger partial charge is 0.339 e. The van der Waals surface area contributed by atoms with Gasteiger partial charge in [-0.25, -0.2) is 4.79 Å². The van der Waals surface area contributed by atoms with Crippen LogP contribution in [0.25, 0.3) is 0 Å². The number of nitrogens with zero attached hydrogens (tertiary/aromatic N) is 1. The fraction of sp³-hybridized carbons (Fsp3) is 0.353. The number of carbonyl (C=O) groups is 2. The van der Waals surface area contributed by atoms with E-state index in [9.17, 15) is 9.59 Å². The first-order chi connectivity index (χ1) is 10.9. The first-order valence-electron chi connectivity index (χ1n) is 7.43. The van der Waals surface area contributed by atoms with Crippen molar-refractivity contribution >= 4 is 17.7 Å². The molecule has 0 saturated carbocycles. The molecule has 2 rings (SSSR count). The lowest BCUT2D eigenvalue weighted by Gasteiger charge is -2.16. The minimum absolute atomic E-state index is 0.300. The van der Waals surface area contributed by atoms with Gasteiger partial charge in [-0.1, -0.05) is 29.8 Å². The van der Waals surface area contributed by atoms with Crippen molar-refractivity contribution in [2.24, 2.45) is 0 Å². The van der Waals surface area contributed by atoms with Gasteiger partial charge in [-0.2, -0.15) is 0 Å². The molecular formula is C17H20N2O4. The summed E-state index contributed by atoms with van der Waals surface area (Å²) in [4.78, 5) is 24.5. The van der Waals surface area contributed by atoms with E-state index in [0.29, 0.717) is 23.6 Å². The van der Waals surface area contributed by atoms with Crippen molar-refractivity contribution in [1.29, 1.82) is 0 Å². The lowest BCUT2D eigenvalue weighted by atomic mass is 10.1. The van der Waals surface area contributed by atoms with Crippen LogP contribution in [0, 0.1) is 20.8 Å². The molecule has 23 heavy (non-hydrogen) atoms. The maximum atomic E-state index is 12.3. The van der Waals surface area contributed by atoms with E-state index >= 15 is 0 Å². The Morgan fingerprint density at radius 1 is 1.26 bits per heavy atom. The molecule has 1 aromatic carbocycles. The van der Waals surface area contributed by atoms with Crippen molar-refractivity contribution in [3.8, 4) is 0 Å². The van der Waals surface area contributed by atoms with E-state index in [0.717, 1.165) is 11.1 Å². The van der Waals surface area contributed by atoms with E-state index in [1.807, 2.05) is 26.0 Å². The zero-order valence-electron chi connectivity index (χ0n) is 13.7. The second-order valence-electron chi connectivity index (χ2n) is 5.43. The molecule has 1 aromatic heterocycles. The standard InChI is InChI=1S/C17H20N2O4/c1-5-14(16(20)18-15-9-12(4)23-19-15)22-17(21)13-8-10(2)6-7-11(13)3/h6-9,14H,5H2,1-4H3,(H,18,19,20)/t14-/m1/s1. The fourth-order valence-electron chi connectivity index (χ4n) is 2.10. The first kappa shape index (κ1) is 16.7. The summed E-state index contributed by atoms with van der Waals surface area (Å²) in [6.45, 7) is 7.22. The Balaban J connectivity index is 2.07. The Morgan fingerprint density at radius 3 is 2.61 bits per heavy atom. The van der Waals surface area contributed by atoms with Gasteiger partial charge in [0, 0.05) is 6.07 Å². The van der Waals surface area contributed by atoms with Gasteiger partial charge in [-0.3, -0.25) is 4.79 Å². The van der Waals surface area contributed by atoms with Crippen LogP contribution in [0.3, 0.4) is 0 Å². The Labute approximate surface area is 134 Å². The normalized spacial score (nSPS) is 11.8. The summed E-state index contributed by atoms with van der Waals surface area (Å²) in [6, 6.07) is 7.12. The summed E-state index contributed by atoms with van der Waals surface area (Å²) in [6.07, 6.45) is -0.529. The van der Waals surface area contributed by atoms with Gasteiger partial charge in [0.25, 0.3) is 5.91 Å². The second kappa shape index (κ2) is 7.09. The highest BCUT2D eigenvalue weighted by atomic mass is 16.5. The summed E-state index contributed by atoms with van der Waals surface area (Å²) >= 11 is 0. The maximum Gasteiger partial charge on any atom is 0.339 e. The molecule has 1 atom stereocenters. The lowest BCUT2D eigenvalue weighted by molar-refractivity contribution is -0.124. The van der Waals surface area contributed by atoms with Crippen molar-refractivity contribution in [2.75, 3.05) is 5.32 Å². The Morgan fingerprint density at radius 2 is 2.00 bits per heavy atom. The number of nitrogens with one attached hydrogen (secondary N) is 1. The zero-order chi connectivity index (χ0) is 17.0. The van der Waals surface area contributed by atoms with E-state index in [1.54, 1.807) is 26.0 Å². The number of anilines is 1. The molecule has 0 aliphatic carbocycles. The predicted molar refractivity (Wildman–Crippen MR) is 85.3 cm³/mol. The van der Waals surface area contributed by atoms with E-state index in [2.05, 4.69) is 10.5 Å². The van der Waals surface area contributed by atoms with Crippen LogP contribution in [0.15, 0.2) is 28.8 Å². The second-order valence-corrected chi connectivity index (χ2v) is 5.43. The number of aromatic nitrogens is 1. The minimum Gasteiger partial charge on any atom is -0.449 e. The summed E-state index contributed by atoms with van der Waals surface area (Å²) in [5.74, 6) is -0.0570. The molecule has 122 valence electrons. The molecule has 1 N–H and O–H groups in total. The highest BCUT2D eigenvalue weighted by Gasteiger charge is 2.23. The molecule has 2 aromatic rings. The van der Waals surface area contributed by atoms with Crippen molar-refractivity contribution in [2.45, 2.75) is 40.2 Å². The number of carbonyl (C=O) groups excluding carboxylic acids is 2. The lowest BCUT2D eigenvalue weighted by Crippen LogP contribution is -2.32. The molecule has 6 heteroatoms. The third-order valence-corrected chi connectivity index (χ3v) is 3.40. The molecule has 0 aliphatic rings. The predicted octanol–water partition coefficient (Wildman–Crippen LogP) is 3.17. The van der Waals surface area contributed by atoms with Crippen LogP contribution in [-0.4, -0.2) is 23.1 Å². The van der Waals surface area contributed by atoms with Crippen molar-refractivity contribution < 1.29 is 18.8 Å². The summed E-state index contributed by atoms with van der Waals surface area (Å²) in [5, 5.41) is 6.26. The highest BCUT2D eigenvalue weighted by Crippen LogP contribution is 2.15. The largest absolute Gasteiger partial charge is 0.449 e. The molecule has 1 amide bonds. The molecule has 0 saturated heterocycles. The molecule has 0 radical (unpaired) electrons. The monoisotopic (exact) mass is 316 g/mol. The van der Waals surface area contributed by atoms with Gasteiger partial charge in [0.15, 0.2) is 11.9 Å². The average Bonchev–Trinajstić information content (AvgIpc) is 2.91. The number of hydrogen-bond acceptors (Lipinski definition) is 5. The van der Waals surface area contributed by atoms with Crippen molar-refractivity contribution in [3.05, 3.63) is 46.7 Å². The van der Waals surface area contributed by atoms with Crippen LogP contribution in [0.2, 0.25) is 0 Å². The van der Waals surface area contributed by atoms with Gasteiger partial charge in [0.1, 0.15) is 5.76 Å². The number of aryl methyl sites for hydroxylation is 3. The molecule has 0 bridgehead atoms. The topological polar surface area (TPSA) is 81.4 Å². The number of rotatable bonds is 5. The summed E-state index contributed by atoms with van der Waals surface area (Å²) < 4.78 is 10.2. The van der Waals surface area contributed by atoms with E-state index in [4.69, 9.17) is 9.26 Å². The number of esters is 1. The molecule has 6 nitrogen and oxygen atoms in total. The average molecular weight is 316 g/mol. The van der Waals surface area contributed by atoms with Gasteiger partial charge in [-0.05, 0) is 38.8 Å². The molecule has 0 aliphatic heterocycles. The first-order valence-corrected chi connectivity index (χ1v) is 7.43. The quantitative estimate of drug-likeness (QED) is 0.857. The van der Waals surface area contributed by atoms with Crippen LogP contribution >= 0.6 is 0 Å². The van der Waals surface area contributed by atoms with Gasteiger partial charge >= 0.3 is 5.97 Å². The SMILES string of the molecule is CC[C@@H](OC(=O)c1cc(C)ccc1C)C(=O)Nc1cc(C)on1. The van der Waals surface area contributed by atoms with Crippen LogP contribution in [-0.2, 0) is 9.53 Å². The van der Waals surface area contributed by atoms with Gasteiger partial charge < -0.3 is 14.6 Å². The molecular weight excluding hydrogens is 296 g/mol. The number of ether oxygens (including phenoxy) is 1. The zero-order valence-corrected chi connectivity index (χ0v) is 13.7. The summed E-state index contributed by atoms with van der Waals surface area (Å²) in [5.41, 5.74) is 2.23. The number of hydrogen-bond donors (Lipinski definition) is 1. The van der Waals surface area contributed by atoms with Crippen molar-refractivity contribution in [3.63, 3.8) is 0 Å². The molecule has 0 fully saturated rings. The number of benzene rings is 1. The Hall–Kier alpha value is -2.63. The van der Waals surface area contributed by atoms with Crippen LogP contribution in [0.5, 0.6) is 0 Å². The van der Waals surface area contributed by atoms with Crippen molar-refractivity contribution in [1.82, 2.24) is 5.16 Å². The van der Waals surface area contributed by atoms with Crippen LogP contribution in [0.1, 0.15) is 40.6 Å².